The van der Waals surface area contributed by atoms with E-state index in [4.69, 9.17) is 28.9 Å². The molecule has 2 N–H and O–H groups in total. The molecule has 2 heterocycles. The maximum atomic E-state index is 13.8. The lowest BCUT2D eigenvalue weighted by atomic mass is 9.83. The molecule has 0 aliphatic carbocycles. The van der Waals surface area contributed by atoms with Crippen molar-refractivity contribution in [2.45, 2.75) is 5.92 Å². The van der Waals surface area contributed by atoms with Gasteiger partial charge in [-0.05, 0) is 48.0 Å². The first kappa shape index (κ1) is 20.6. The van der Waals surface area contributed by atoms with Crippen molar-refractivity contribution in [3.8, 4) is 6.07 Å². The van der Waals surface area contributed by atoms with Gasteiger partial charge in [-0.15, -0.1) is 11.3 Å². The lowest BCUT2D eigenvalue weighted by Crippen LogP contribution is -2.34. The summed E-state index contributed by atoms with van der Waals surface area (Å²) in [5.74, 6) is -0.306. The van der Waals surface area contributed by atoms with Crippen molar-refractivity contribution in [3.05, 3.63) is 116 Å². The molecule has 156 valence electrons. The smallest absolute Gasteiger partial charge is 0.194 e. The van der Waals surface area contributed by atoms with Crippen LogP contribution in [0, 0.1) is 11.3 Å². The minimum absolute atomic E-state index is 0.147. The summed E-state index contributed by atoms with van der Waals surface area (Å²) < 4.78 is 0.755. The molecular weight excluding hydrogens is 461 g/mol. The number of benzene rings is 3. The Labute approximate surface area is 198 Å². The van der Waals surface area contributed by atoms with Crippen LogP contribution < -0.4 is 16.1 Å². The highest BCUT2D eigenvalue weighted by Crippen LogP contribution is 2.48. The summed E-state index contributed by atoms with van der Waals surface area (Å²) in [6.07, 6.45) is 0. The second kappa shape index (κ2) is 7.99. The minimum atomic E-state index is -0.601. The standard InChI is InChI=1S/C25H15Cl2N3OS/c26-15-8-6-14(7-9-15)21-19(13-28)24(29)30(17-4-2-1-3-5-17)25-22(21)23(31)18-11-10-16(27)12-20(18)32-25/h1-12,21H,29H2. The molecule has 0 fully saturated rings. The topological polar surface area (TPSA) is 70.1 Å². The van der Waals surface area contributed by atoms with Gasteiger partial charge >= 0.3 is 0 Å². The molecule has 3 aromatic carbocycles. The van der Waals surface area contributed by atoms with Crippen molar-refractivity contribution < 1.29 is 0 Å². The Morgan fingerprint density at radius 2 is 1.66 bits per heavy atom. The number of halogens is 2. The maximum absolute atomic E-state index is 13.8. The predicted molar refractivity (Wildman–Crippen MR) is 132 cm³/mol. The number of hydrogen-bond acceptors (Lipinski definition) is 5. The van der Waals surface area contributed by atoms with Crippen LogP contribution in [-0.4, -0.2) is 0 Å². The summed E-state index contributed by atoms with van der Waals surface area (Å²) in [4.78, 5) is 15.6. The van der Waals surface area contributed by atoms with E-state index in [0.29, 0.717) is 37.4 Å². The lowest BCUT2D eigenvalue weighted by Gasteiger charge is -2.35. The van der Waals surface area contributed by atoms with Crippen LogP contribution in [0.2, 0.25) is 10.0 Å². The summed E-state index contributed by atoms with van der Waals surface area (Å²) in [6.45, 7) is 0. The molecule has 32 heavy (non-hydrogen) atoms. The van der Waals surface area contributed by atoms with Gasteiger partial charge in [-0.3, -0.25) is 9.69 Å². The summed E-state index contributed by atoms with van der Waals surface area (Å²) in [7, 11) is 0. The van der Waals surface area contributed by atoms with Crippen LogP contribution >= 0.6 is 34.5 Å². The fourth-order valence-electron chi connectivity index (χ4n) is 4.06. The SMILES string of the molecule is N#CC1=C(N)N(c2ccccc2)c2sc3cc(Cl)ccc3c(=O)c2C1c1ccc(Cl)cc1. The van der Waals surface area contributed by atoms with Gasteiger partial charge in [0.05, 0.1) is 17.6 Å². The maximum Gasteiger partial charge on any atom is 0.194 e. The van der Waals surface area contributed by atoms with Gasteiger partial charge in [-0.2, -0.15) is 5.26 Å². The molecule has 1 atom stereocenters. The molecule has 7 heteroatoms. The Kier molecular flexibility index (Phi) is 5.15. The molecule has 4 aromatic rings. The van der Waals surface area contributed by atoms with Gasteiger partial charge in [-0.1, -0.05) is 53.5 Å². The van der Waals surface area contributed by atoms with E-state index < -0.39 is 5.92 Å². The van der Waals surface area contributed by atoms with Crippen molar-refractivity contribution in [1.29, 1.82) is 5.26 Å². The highest BCUT2D eigenvalue weighted by Gasteiger charge is 2.37. The van der Waals surface area contributed by atoms with Crippen LogP contribution in [0.4, 0.5) is 10.7 Å². The normalized spacial score (nSPS) is 15.5. The number of nitrogens with zero attached hydrogens (tertiary/aromatic N) is 2. The highest BCUT2D eigenvalue weighted by molar-refractivity contribution is 7.22. The van der Waals surface area contributed by atoms with Crippen molar-refractivity contribution in [2.75, 3.05) is 4.90 Å². The molecule has 1 aromatic heterocycles. The zero-order chi connectivity index (χ0) is 22.4. The van der Waals surface area contributed by atoms with Gasteiger partial charge in [0, 0.05) is 31.4 Å². The van der Waals surface area contributed by atoms with Crippen LogP contribution in [0.3, 0.4) is 0 Å². The summed E-state index contributed by atoms with van der Waals surface area (Å²) in [6, 6.07) is 24.1. The van der Waals surface area contributed by atoms with E-state index in [0.717, 1.165) is 16.0 Å². The molecule has 0 spiro atoms. The number of rotatable bonds is 2. The van der Waals surface area contributed by atoms with E-state index in [1.54, 1.807) is 35.2 Å². The molecule has 0 saturated heterocycles. The van der Waals surface area contributed by atoms with Crippen molar-refractivity contribution in [3.63, 3.8) is 0 Å². The predicted octanol–water partition coefficient (Wildman–Crippen LogP) is 6.55. The second-order valence-corrected chi connectivity index (χ2v) is 9.26. The first-order valence-corrected chi connectivity index (χ1v) is 11.3. The van der Waals surface area contributed by atoms with E-state index in [1.807, 2.05) is 42.5 Å². The van der Waals surface area contributed by atoms with Crippen LogP contribution in [0.25, 0.3) is 10.1 Å². The number of nitrogens with two attached hydrogens (primary N) is 1. The quantitative estimate of drug-likeness (QED) is 0.356. The first-order valence-electron chi connectivity index (χ1n) is 9.76. The second-order valence-electron chi connectivity index (χ2n) is 7.36. The highest BCUT2D eigenvalue weighted by atomic mass is 35.5. The zero-order valence-corrected chi connectivity index (χ0v) is 18.9. The molecule has 1 unspecified atom stereocenters. The average molecular weight is 476 g/mol. The third kappa shape index (κ3) is 3.25. The van der Waals surface area contributed by atoms with E-state index in [-0.39, 0.29) is 5.43 Å². The van der Waals surface area contributed by atoms with Crippen LogP contribution in [-0.2, 0) is 0 Å². The molecule has 0 radical (unpaired) electrons. The Morgan fingerprint density at radius 1 is 0.969 bits per heavy atom. The van der Waals surface area contributed by atoms with Gasteiger partial charge in [0.1, 0.15) is 10.8 Å². The lowest BCUT2D eigenvalue weighted by molar-refractivity contribution is 0.894. The number of nitriles is 1. The third-order valence-electron chi connectivity index (χ3n) is 5.51. The fourth-order valence-corrected chi connectivity index (χ4v) is 5.70. The molecule has 0 saturated carbocycles. The molecule has 1 aliphatic rings. The largest absolute Gasteiger partial charge is 0.384 e. The van der Waals surface area contributed by atoms with Gasteiger partial charge in [0.15, 0.2) is 5.43 Å². The third-order valence-corrected chi connectivity index (χ3v) is 7.15. The fraction of sp³-hybridized carbons (Fsp3) is 0.0400. The van der Waals surface area contributed by atoms with Gasteiger partial charge in [0.2, 0.25) is 0 Å². The average Bonchev–Trinajstić information content (AvgIpc) is 2.79. The minimum Gasteiger partial charge on any atom is -0.384 e. The number of allylic oxidation sites excluding steroid dienone is 1. The monoisotopic (exact) mass is 475 g/mol. The van der Waals surface area contributed by atoms with Crippen LogP contribution in [0.15, 0.2) is 89.0 Å². The first-order chi connectivity index (χ1) is 15.5. The van der Waals surface area contributed by atoms with Crippen molar-refractivity contribution in [2.24, 2.45) is 5.73 Å². The van der Waals surface area contributed by atoms with Crippen LogP contribution in [0.5, 0.6) is 0 Å². The van der Waals surface area contributed by atoms with Gasteiger partial charge < -0.3 is 5.73 Å². The number of para-hydroxylation sites is 1. The summed E-state index contributed by atoms with van der Waals surface area (Å²) >= 11 is 13.7. The van der Waals surface area contributed by atoms with Crippen molar-refractivity contribution >= 4 is 55.3 Å². The molecule has 1 aliphatic heterocycles. The van der Waals surface area contributed by atoms with E-state index >= 15 is 0 Å². The Bertz CT molecular complexity index is 1490. The Balaban J connectivity index is 1.91. The van der Waals surface area contributed by atoms with Crippen molar-refractivity contribution in [1.82, 2.24) is 0 Å². The number of fused-ring (bicyclic) bond motifs is 2. The van der Waals surface area contributed by atoms with Gasteiger partial charge in [0.25, 0.3) is 0 Å². The summed E-state index contributed by atoms with van der Waals surface area (Å²) in [5, 5.41) is 12.5. The van der Waals surface area contributed by atoms with E-state index in [2.05, 4.69) is 6.07 Å². The molecular formula is C25H15Cl2N3OS. The summed E-state index contributed by atoms with van der Waals surface area (Å²) in [5.41, 5.74) is 8.83. The van der Waals surface area contributed by atoms with E-state index in [1.165, 1.54) is 11.3 Å². The number of anilines is 2. The molecule has 0 amide bonds. The molecule has 0 bridgehead atoms. The van der Waals surface area contributed by atoms with Crippen LogP contribution in [0.1, 0.15) is 17.0 Å². The molecule has 4 nitrogen and oxygen atoms in total. The zero-order valence-electron chi connectivity index (χ0n) is 16.5. The number of hydrogen-bond donors (Lipinski definition) is 1. The Morgan fingerprint density at radius 3 is 2.34 bits per heavy atom. The Hall–Kier alpha value is -3.30. The van der Waals surface area contributed by atoms with E-state index in [9.17, 15) is 10.1 Å². The van der Waals surface area contributed by atoms with Gasteiger partial charge in [-0.25, -0.2) is 0 Å². The molecule has 5 rings (SSSR count).